The number of carbonyl (C=O) groups is 4. The van der Waals surface area contributed by atoms with Crippen LogP contribution in [0.5, 0.6) is 0 Å². The van der Waals surface area contributed by atoms with Crippen molar-refractivity contribution in [1.29, 1.82) is 0 Å². The Morgan fingerprint density at radius 2 is 1.48 bits per heavy atom. The van der Waals surface area contributed by atoms with Crippen LogP contribution in [0.4, 0.5) is 10.7 Å². The van der Waals surface area contributed by atoms with Gasteiger partial charge in [-0.05, 0) is 110 Å². The highest BCUT2D eigenvalue weighted by molar-refractivity contribution is 7.17. The molecule has 2 N–H and O–H groups in total. The zero-order valence-electron chi connectivity index (χ0n) is 28.9. The number of amides is 3. The molecule has 4 aromatic rings. The highest BCUT2D eigenvalue weighted by Crippen LogP contribution is 2.39. The zero-order valence-corrected chi connectivity index (χ0v) is 30.4. The maximum Gasteiger partial charge on any atom is 0.337 e. The van der Waals surface area contributed by atoms with Gasteiger partial charge in [-0.25, -0.2) is 4.79 Å². The smallest absolute Gasteiger partial charge is 0.337 e. The first kappa shape index (κ1) is 36.8. The molecule has 0 atom stereocenters. The summed E-state index contributed by atoms with van der Waals surface area (Å²) in [7, 11) is 1.37. The van der Waals surface area contributed by atoms with Gasteiger partial charge in [0.25, 0.3) is 11.8 Å². The van der Waals surface area contributed by atoms with Gasteiger partial charge in [0.2, 0.25) is 5.91 Å². The third-order valence-electron chi connectivity index (χ3n) is 9.27. The summed E-state index contributed by atoms with van der Waals surface area (Å²) in [6, 6.07) is 22.5. The van der Waals surface area contributed by atoms with E-state index in [0.29, 0.717) is 33.9 Å². The molecule has 0 saturated carbocycles. The molecule has 262 valence electrons. The highest BCUT2D eigenvalue weighted by Gasteiger charge is 2.27. The zero-order chi connectivity index (χ0) is 35.6. The lowest BCUT2D eigenvalue weighted by atomic mass is 9.95. The Hall–Kier alpha value is -4.47. The second kappa shape index (κ2) is 17.5. The third kappa shape index (κ3) is 9.00. The van der Waals surface area contributed by atoms with Crippen molar-refractivity contribution < 1.29 is 23.9 Å². The number of esters is 1. The lowest BCUT2D eigenvalue weighted by molar-refractivity contribution is -0.131. The lowest BCUT2D eigenvalue weighted by Crippen LogP contribution is -2.40. The number of halogens is 1. The molecular weight excluding hydrogens is 670 g/mol. The van der Waals surface area contributed by atoms with Gasteiger partial charge in [0.1, 0.15) is 10.9 Å². The van der Waals surface area contributed by atoms with Crippen LogP contribution in [0.25, 0.3) is 0 Å². The fourth-order valence-corrected chi connectivity index (χ4v) is 7.90. The van der Waals surface area contributed by atoms with Gasteiger partial charge in [-0.15, -0.1) is 22.9 Å². The van der Waals surface area contributed by atoms with Crippen molar-refractivity contribution in [3.63, 3.8) is 0 Å². The van der Waals surface area contributed by atoms with Gasteiger partial charge in [-0.2, -0.15) is 0 Å². The topological polar surface area (TPSA) is 105 Å². The maximum atomic E-state index is 13.8. The Morgan fingerprint density at radius 3 is 2.12 bits per heavy atom. The van der Waals surface area contributed by atoms with Crippen LogP contribution in [0.1, 0.15) is 97.7 Å². The lowest BCUT2D eigenvalue weighted by Gasteiger charge is -2.30. The number of thiophene rings is 1. The number of rotatable bonds is 14. The van der Waals surface area contributed by atoms with Crippen LogP contribution in [0.3, 0.4) is 0 Å². The molecule has 5 rings (SSSR count). The monoisotopic (exact) mass is 713 g/mol. The van der Waals surface area contributed by atoms with Crippen LogP contribution in [-0.2, 0) is 41.8 Å². The van der Waals surface area contributed by atoms with Crippen LogP contribution in [-0.4, -0.2) is 47.6 Å². The molecule has 3 amide bonds. The standard InChI is InChI=1S/C40H44ClN3O5S/c1-4-32(5-2)44(35(45)24-41)25-28-9-8-10-30(23-28)37(46)43-39-36(33-11-6-7-12-34(33)50-39)38(47)42-31-21-17-27(18-22-31)14-13-26-15-19-29(20-16-26)40(48)49-3/h8-10,15-23,32H,4-7,11-14,24-25H2,1-3H3,(H,42,47)(H,43,46). The number of aryl methyl sites for hydroxylation is 3. The molecule has 0 aliphatic heterocycles. The summed E-state index contributed by atoms with van der Waals surface area (Å²) in [6.45, 7) is 4.46. The average Bonchev–Trinajstić information content (AvgIpc) is 3.52. The number of fused-ring (bicyclic) bond motifs is 1. The predicted molar refractivity (Wildman–Crippen MR) is 201 cm³/mol. The fraction of sp³-hybridized carbons (Fsp3) is 0.350. The summed E-state index contributed by atoms with van der Waals surface area (Å²) in [5, 5.41) is 6.67. The maximum absolute atomic E-state index is 13.8. The van der Waals surface area contributed by atoms with E-state index in [9.17, 15) is 19.2 Å². The van der Waals surface area contributed by atoms with E-state index in [0.717, 1.165) is 78.5 Å². The molecule has 1 aliphatic carbocycles. The van der Waals surface area contributed by atoms with Gasteiger partial charge >= 0.3 is 5.97 Å². The van der Waals surface area contributed by atoms with Crippen molar-refractivity contribution in [1.82, 2.24) is 4.90 Å². The number of methoxy groups -OCH3 is 1. The Kier molecular flexibility index (Phi) is 12.8. The molecule has 8 nitrogen and oxygen atoms in total. The number of nitrogens with zero attached hydrogens (tertiary/aromatic N) is 1. The normalized spacial score (nSPS) is 12.3. The van der Waals surface area contributed by atoms with Crippen molar-refractivity contribution in [2.75, 3.05) is 23.6 Å². The van der Waals surface area contributed by atoms with E-state index in [2.05, 4.69) is 24.5 Å². The summed E-state index contributed by atoms with van der Waals surface area (Å²) in [5.41, 5.74) is 6.28. The van der Waals surface area contributed by atoms with Gasteiger partial charge in [0, 0.05) is 28.7 Å². The number of benzene rings is 3. The molecule has 0 saturated heterocycles. The first-order valence-electron chi connectivity index (χ1n) is 17.2. The SMILES string of the molecule is CCC(CC)N(Cc1cccc(C(=O)Nc2sc3c(c2C(=O)Nc2ccc(CCc4ccc(C(=O)OC)cc4)cc2)CCCC3)c1)C(=O)CCl. The number of carbonyl (C=O) groups excluding carboxylic acids is 4. The van der Waals surface area contributed by atoms with E-state index in [1.54, 1.807) is 29.2 Å². The Morgan fingerprint density at radius 1 is 0.820 bits per heavy atom. The molecule has 0 fully saturated rings. The van der Waals surface area contributed by atoms with E-state index in [4.69, 9.17) is 16.3 Å². The van der Waals surface area contributed by atoms with Gasteiger partial charge < -0.3 is 20.3 Å². The Bertz CT molecular complexity index is 1820. The predicted octanol–water partition coefficient (Wildman–Crippen LogP) is 8.46. The largest absolute Gasteiger partial charge is 0.465 e. The van der Waals surface area contributed by atoms with Crippen LogP contribution in [0.2, 0.25) is 0 Å². The Labute approximate surface area is 303 Å². The molecule has 1 aliphatic rings. The van der Waals surface area contributed by atoms with Crippen molar-refractivity contribution in [3.05, 3.63) is 117 Å². The van der Waals surface area contributed by atoms with Crippen LogP contribution < -0.4 is 10.6 Å². The Balaban J connectivity index is 1.27. The van der Waals surface area contributed by atoms with E-state index in [1.807, 2.05) is 48.5 Å². The molecule has 1 aromatic heterocycles. The van der Waals surface area contributed by atoms with E-state index in [1.165, 1.54) is 18.4 Å². The van der Waals surface area contributed by atoms with Crippen molar-refractivity contribution >= 4 is 57.3 Å². The second-order valence-electron chi connectivity index (χ2n) is 12.5. The summed E-state index contributed by atoms with van der Waals surface area (Å²) in [6.07, 6.45) is 6.96. The fourth-order valence-electron chi connectivity index (χ4n) is 6.47. The molecule has 0 spiro atoms. The minimum atomic E-state index is -0.352. The van der Waals surface area contributed by atoms with Gasteiger partial charge in [0.15, 0.2) is 0 Å². The molecule has 0 radical (unpaired) electrons. The summed E-state index contributed by atoms with van der Waals surface area (Å²) < 4.78 is 4.77. The molecular formula is C40H44ClN3O5S. The molecule has 1 heterocycles. The number of anilines is 2. The van der Waals surface area contributed by atoms with E-state index < -0.39 is 0 Å². The van der Waals surface area contributed by atoms with Gasteiger partial charge in [-0.1, -0.05) is 50.2 Å². The van der Waals surface area contributed by atoms with Crippen LogP contribution in [0.15, 0.2) is 72.8 Å². The van der Waals surface area contributed by atoms with E-state index in [-0.39, 0.29) is 35.6 Å². The minimum absolute atomic E-state index is 0.0620. The van der Waals surface area contributed by atoms with E-state index >= 15 is 0 Å². The molecule has 3 aromatic carbocycles. The average molecular weight is 714 g/mol. The second-order valence-corrected chi connectivity index (χ2v) is 13.9. The number of hydrogen-bond donors (Lipinski definition) is 2. The molecule has 0 bridgehead atoms. The number of ether oxygens (including phenoxy) is 1. The molecule has 10 heteroatoms. The summed E-state index contributed by atoms with van der Waals surface area (Å²) >= 11 is 7.42. The van der Waals surface area contributed by atoms with Crippen molar-refractivity contribution in [3.8, 4) is 0 Å². The quantitative estimate of drug-likeness (QED) is 0.101. The van der Waals surface area contributed by atoms with Crippen molar-refractivity contribution in [2.24, 2.45) is 0 Å². The van der Waals surface area contributed by atoms with Gasteiger partial charge in [-0.3, -0.25) is 14.4 Å². The molecule has 0 unspecified atom stereocenters. The summed E-state index contributed by atoms with van der Waals surface area (Å²) in [5.74, 6) is -1.12. The highest BCUT2D eigenvalue weighted by atomic mass is 35.5. The van der Waals surface area contributed by atoms with Crippen LogP contribution in [0, 0.1) is 0 Å². The number of nitrogens with one attached hydrogen (secondary N) is 2. The van der Waals surface area contributed by atoms with Crippen LogP contribution >= 0.6 is 22.9 Å². The third-order valence-corrected chi connectivity index (χ3v) is 10.7. The summed E-state index contributed by atoms with van der Waals surface area (Å²) in [4.78, 5) is 54.8. The number of hydrogen-bond acceptors (Lipinski definition) is 6. The first-order valence-corrected chi connectivity index (χ1v) is 18.6. The first-order chi connectivity index (χ1) is 24.2. The number of alkyl halides is 1. The molecule has 50 heavy (non-hydrogen) atoms. The van der Waals surface area contributed by atoms with Gasteiger partial charge in [0.05, 0.1) is 18.2 Å². The minimum Gasteiger partial charge on any atom is -0.465 e. The van der Waals surface area contributed by atoms with Crippen molar-refractivity contribution in [2.45, 2.75) is 77.8 Å².